The number of hydrazine groups is 1. The fourth-order valence-electron chi connectivity index (χ4n) is 1.47. The summed E-state index contributed by atoms with van der Waals surface area (Å²) in [5.74, 6) is -0.367. The quantitative estimate of drug-likeness (QED) is 0.777. The average molecular weight is 268 g/mol. The van der Waals surface area contributed by atoms with Crippen LogP contribution < -0.4 is 5.43 Å². The Hall–Kier alpha value is -2.05. The van der Waals surface area contributed by atoms with Gasteiger partial charge in [-0.1, -0.05) is 0 Å². The number of carbonyl (C=O) groups is 2. The summed E-state index contributed by atoms with van der Waals surface area (Å²) in [6, 6.07) is 1.65. The van der Waals surface area contributed by atoms with Crippen molar-refractivity contribution in [1.82, 2.24) is 20.2 Å². The molecular weight excluding hydrogens is 248 g/mol. The molecule has 2 amide bonds. The molecule has 0 saturated heterocycles. The molecule has 0 aliphatic heterocycles. The minimum atomic E-state index is -0.678. The van der Waals surface area contributed by atoms with Gasteiger partial charge in [0.15, 0.2) is 0 Å². The minimum Gasteiger partial charge on any atom is -0.443 e. The first kappa shape index (κ1) is 15.0. The predicted molar refractivity (Wildman–Crippen MR) is 69.4 cm³/mol. The van der Waals surface area contributed by atoms with Crippen molar-refractivity contribution in [2.24, 2.45) is 7.05 Å². The molecule has 0 spiro atoms. The molecule has 1 rings (SSSR count). The normalized spacial score (nSPS) is 11.1. The van der Waals surface area contributed by atoms with Gasteiger partial charge in [-0.2, -0.15) is 5.10 Å². The van der Waals surface area contributed by atoms with Crippen LogP contribution >= 0.6 is 0 Å². The Bertz CT molecular complexity index is 488. The molecule has 106 valence electrons. The van der Waals surface area contributed by atoms with Gasteiger partial charge in [-0.3, -0.25) is 9.48 Å². The van der Waals surface area contributed by atoms with Crippen LogP contribution in [0.4, 0.5) is 4.79 Å². The highest BCUT2D eigenvalue weighted by Gasteiger charge is 2.21. The number of aromatic nitrogens is 2. The van der Waals surface area contributed by atoms with Crippen molar-refractivity contribution in [2.45, 2.75) is 33.3 Å². The van der Waals surface area contributed by atoms with Crippen LogP contribution in [-0.2, 0) is 11.8 Å². The zero-order valence-corrected chi connectivity index (χ0v) is 12.1. The number of aryl methyl sites for hydroxylation is 2. The Morgan fingerprint density at radius 3 is 2.42 bits per heavy atom. The van der Waals surface area contributed by atoms with Gasteiger partial charge in [0.2, 0.25) is 0 Å². The average Bonchev–Trinajstić information content (AvgIpc) is 2.53. The molecule has 0 aliphatic carbocycles. The van der Waals surface area contributed by atoms with Gasteiger partial charge >= 0.3 is 6.09 Å². The van der Waals surface area contributed by atoms with Gasteiger partial charge in [-0.15, -0.1) is 0 Å². The molecule has 0 fully saturated rings. The lowest BCUT2D eigenvalue weighted by Crippen LogP contribution is -2.46. The van der Waals surface area contributed by atoms with E-state index in [9.17, 15) is 9.59 Å². The molecule has 1 aromatic heterocycles. The standard InChI is InChI=1S/C12H20N4O3/c1-8-7-9(15(5)13-8)10(17)16(6)14-11(18)19-12(2,3)4/h7H,1-6H3,(H,14,18). The molecule has 0 atom stereocenters. The Labute approximate surface area is 112 Å². The van der Waals surface area contributed by atoms with Crippen LogP contribution in [0.1, 0.15) is 37.0 Å². The summed E-state index contributed by atoms with van der Waals surface area (Å²) in [5, 5.41) is 5.15. The fraction of sp³-hybridized carbons (Fsp3) is 0.583. The van der Waals surface area contributed by atoms with Crippen molar-refractivity contribution in [3.05, 3.63) is 17.5 Å². The Morgan fingerprint density at radius 2 is 2.00 bits per heavy atom. The first-order chi connectivity index (χ1) is 8.60. The zero-order valence-electron chi connectivity index (χ0n) is 12.1. The lowest BCUT2D eigenvalue weighted by atomic mass is 10.2. The van der Waals surface area contributed by atoms with Gasteiger partial charge in [-0.25, -0.2) is 15.2 Å². The Kier molecular flexibility index (Phi) is 4.18. The third-order valence-corrected chi connectivity index (χ3v) is 2.18. The van der Waals surface area contributed by atoms with Crippen LogP contribution in [0.5, 0.6) is 0 Å². The van der Waals surface area contributed by atoms with Crippen molar-refractivity contribution in [3.63, 3.8) is 0 Å². The second-order valence-corrected chi connectivity index (χ2v) is 5.27. The minimum absolute atomic E-state index is 0.367. The van der Waals surface area contributed by atoms with E-state index in [0.717, 1.165) is 10.7 Å². The molecule has 1 aromatic rings. The molecule has 1 N–H and O–H groups in total. The zero-order chi connectivity index (χ0) is 14.8. The van der Waals surface area contributed by atoms with Crippen molar-refractivity contribution in [2.75, 3.05) is 7.05 Å². The molecule has 0 saturated carbocycles. The van der Waals surface area contributed by atoms with E-state index in [1.165, 1.54) is 11.7 Å². The first-order valence-corrected chi connectivity index (χ1v) is 5.88. The second-order valence-electron chi connectivity index (χ2n) is 5.27. The van der Waals surface area contributed by atoms with Gasteiger partial charge < -0.3 is 4.74 Å². The monoisotopic (exact) mass is 268 g/mol. The highest BCUT2D eigenvalue weighted by Crippen LogP contribution is 2.08. The van der Waals surface area contributed by atoms with Gasteiger partial charge in [0, 0.05) is 14.1 Å². The number of hydrogen-bond donors (Lipinski definition) is 1. The molecule has 7 nitrogen and oxygen atoms in total. The molecule has 0 radical (unpaired) electrons. The van der Waals surface area contributed by atoms with E-state index in [-0.39, 0.29) is 5.91 Å². The maximum atomic E-state index is 12.1. The third-order valence-electron chi connectivity index (χ3n) is 2.18. The lowest BCUT2D eigenvalue weighted by molar-refractivity contribution is 0.0331. The van der Waals surface area contributed by atoms with Gasteiger partial charge in [0.1, 0.15) is 11.3 Å². The lowest BCUT2D eigenvalue weighted by Gasteiger charge is -2.23. The molecule has 0 aliphatic rings. The summed E-state index contributed by atoms with van der Waals surface area (Å²) in [4.78, 5) is 23.6. The summed E-state index contributed by atoms with van der Waals surface area (Å²) < 4.78 is 6.53. The maximum Gasteiger partial charge on any atom is 0.426 e. The van der Waals surface area contributed by atoms with Crippen molar-refractivity contribution in [1.29, 1.82) is 0 Å². The van der Waals surface area contributed by atoms with Crippen LogP contribution in [0.25, 0.3) is 0 Å². The molecule has 0 unspecified atom stereocenters. The van der Waals surface area contributed by atoms with Crippen molar-refractivity contribution < 1.29 is 14.3 Å². The van der Waals surface area contributed by atoms with Gasteiger partial charge in [-0.05, 0) is 33.8 Å². The van der Waals surface area contributed by atoms with Crippen LogP contribution in [0.3, 0.4) is 0 Å². The van der Waals surface area contributed by atoms with Crippen LogP contribution in [0, 0.1) is 6.92 Å². The largest absolute Gasteiger partial charge is 0.443 e. The number of ether oxygens (including phenoxy) is 1. The fourth-order valence-corrected chi connectivity index (χ4v) is 1.47. The summed E-state index contributed by atoms with van der Waals surface area (Å²) in [6.45, 7) is 7.04. The topological polar surface area (TPSA) is 76.5 Å². The van der Waals surface area contributed by atoms with Gasteiger partial charge in [0.05, 0.1) is 5.69 Å². The second kappa shape index (κ2) is 5.29. The Balaban J connectivity index is 2.68. The maximum absolute atomic E-state index is 12.1. The highest BCUT2D eigenvalue weighted by atomic mass is 16.6. The SMILES string of the molecule is Cc1cc(C(=O)N(C)NC(=O)OC(C)(C)C)n(C)n1. The number of carbonyl (C=O) groups excluding carboxylic acids is 2. The molecule has 7 heteroatoms. The van der Waals surface area contributed by atoms with Crippen LogP contribution in [-0.4, -0.2) is 39.4 Å². The summed E-state index contributed by atoms with van der Waals surface area (Å²) in [6.07, 6.45) is -0.678. The highest BCUT2D eigenvalue weighted by molar-refractivity contribution is 5.93. The molecule has 0 aromatic carbocycles. The van der Waals surface area contributed by atoms with E-state index in [0.29, 0.717) is 5.69 Å². The van der Waals surface area contributed by atoms with E-state index in [1.807, 2.05) is 0 Å². The van der Waals surface area contributed by atoms with E-state index in [1.54, 1.807) is 40.8 Å². The van der Waals surface area contributed by atoms with Crippen LogP contribution in [0.15, 0.2) is 6.07 Å². The third kappa shape index (κ3) is 4.27. The predicted octanol–water partition coefficient (Wildman–Crippen LogP) is 1.24. The van der Waals surface area contributed by atoms with E-state index in [4.69, 9.17) is 4.74 Å². The van der Waals surface area contributed by atoms with Gasteiger partial charge in [0.25, 0.3) is 5.91 Å². The first-order valence-electron chi connectivity index (χ1n) is 5.88. The number of hydrogen-bond acceptors (Lipinski definition) is 4. The van der Waals surface area contributed by atoms with Crippen molar-refractivity contribution in [3.8, 4) is 0 Å². The van der Waals surface area contributed by atoms with Crippen LogP contribution in [0.2, 0.25) is 0 Å². The van der Waals surface area contributed by atoms with Crippen molar-refractivity contribution >= 4 is 12.0 Å². The van der Waals surface area contributed by atoms with E-state index >= 15 is 0 Å². The van der Waals surface area contributed by atoms with E-state index in [2.05, 4.69) is 10.5 Å². The number of nitrogens with zero attached hydrogens (tertiary/aromatic N) is 3. The number of amides is 2. The molecule has 19 heavy (non-hydrogen) atoms. The van der Waals surface area contributed by atoms with E-state index < -0.39 is 11.7 Å². The molecule has 1 heterocycles. The number of nitrogens with one attached hydrogen (secondary N) is 1. The molecular formula is C12H20N4O3. The summed E-state index contributed by atoms with van der Waals surface area (Å²) >= 11 is 0. The smallest absolute Gasteiger partial charge is 0.426 e. The summed E-state index contributed by atoms with van der Waals surface area (Å²) in [5.41, 5.74) is 2.86. The molecule has 0 bridgehead atoms. The number of rotatable bonds is 1. The Morgan fingerprint density at radius 1 is 1.42 bits per heavy atom. The summed E-state index contributed by atoms with van der Waals surface area (Å²) in [7, 11) is 3.12.